The molecule has 0 atom stereocenters. The molecule has 2 rings (SSSR count). The number of carbonyl (C=O) groups is 1. The molecular weight excluding hydrogens is 244 g/mol. The van der Waals surface area contributed by atoms with Gasteiger partial charge in [0.1, 0.15) is 5.82 Å². The second kappa shape index (κ2) is 5.43. The highest BCUT2D eigenvalue weighted by atomic mass is 16.5. The van der Waals surface area contributed by atoms with Crippen molar-refractivity contribution in [2.45, 2.75) is 6.92 Å². The van der Waals surface area contributed by atoms with Crippen molar-refractivity contribution < 1.29 is 9.53 Å². The van der Waals surface area contributed by atoms with Gasteiger partial charge in [0, 0.05) is 7.05 Å². The van der Waals surface area contributed by atoms with E-state index >= 15 is 0 Å². The van der Waals surface area contributed by atoms with Crippen LogP contribution in [0.25, 0.3) is 5.69 Å². The summed E-state index contributed by atoms with van der Waals surface area (Å²) >= 11 is 0. The minimum absolute atomic E-state index is 0.185. The Labute approximate surface area is 111 Å². The molecule has 0 aliphatic rings. The zero-order chi connectivity index (χ0) is 13.8. The highest BCUT2D eigenvalue weighted by Gasteiger charge is 2.16. The molecule has 0 saturated heterocycles. The van der Waals surface area contributed by atoms with Gasteiger partial charge in [0.05, 0.1) is 11.3 Å². The van der Waals surface area contributed by atoms with E-state index in [1.54, 1.807) is 11.7 Å². The predicted molar refractivity (Wildman–Crippen MR) is 72.5 cm³/mol. The molecular formula is C13H16N4O2. The van der Waals surface area contributed by atoms with Crippen molar-refractivity contribution in [2.75, 3.05) is 19.0 Å². The number of hydrogen-bond acceptors (Lipinski definition) is 4. The van der Waals surface area contributed by atoms with Crippen molar-refractivity contribution in [3.63, 3.8) is 0 Å². The number of nitrogens with one attached hydrogen (secondary N) is 1. The molecule has 19 heavy (non-hydrogen) atoms. The summed E-state index contributed by atoms with van der Waals surface area (Å²) in [7, 11) is 1.81. The molecule has 0 bridgehead atoms. The summed E-state index contributed by atoms with van der Waals surface area (Å²) in [6.45, 7) is 1.68. The van der Waals surface area contributed by atoms with Crippen LogP contribution in [0.2, 0.25) is 0 Å². The summed E-state index contributed by atoms with van der Waals surface area (Å²) in [4.78, 5) is 10.8. The van der Waals surface area contributed by atoms with Crippen LogP contribution in [0.5, 0.6) is 5.88 Å². The van der Waals surface area contributed by atoms with E-state index in [0.29, 0.717) is 5.88 Å². The number of rotatable bonds is 5. The minimum atomic E-state index is -0.528. The predicted octanol–water partition coefficient (Wildman–Crippen LogP) is 1.09. The molecule has 3 N–H and O–H groups in total. The van der Waals surface area contributed by atoms with Gasteiger partial charge in [-0.1, -0.05) is 18.2 Å². The van der Waals surface area contributed by atoms with E-state index in [1.165, 1.54) is 0 Å². The molecule has 1 amide bonds. The number of primary amides is 1. The van der Waals surface area contributed by atoms with E-state index < -0.39 is 5.91 Å². The third-order valence-electron chi connectivity index (χ3n) is 2.67. The fourth-order valence-electron chi connectivity index (χ4n) is 1.80. The van der Waals surface area contributed by atoms with Gasteiger partial charge in [0.2, 0.25) is 5.88 Å². The lowest BCUT2D eigenvalue weighted by Crippen LogP contribution is -2.20. The van der Waals surface area contributed by atoms with Crippen LogP contribution in [0, 0.1) is 6.92 Å². The van der Waals surface area contributed by atoms with E-state index in [1.807, 2.05) is 37.3 Å². The summed E-state index contributed by atoms with van der Waals surface area (Å²) in [5, 5.41) is 7.42. The first-order chi connectivity index (χ1) is 9.13. The van der Waals surface area contributed by atoms with E-state index in [2.05, 4.69) is 10.4 Å². The monoisotopic (exact) mass is 260 g/mol. The van der Waals surface area contributed by atoms with Gasteiger partial charge in [-0.25, -0.2) is 4.68 Å². The first-order valence-corrected chi connectivity index (χ1v) is 5.87. The number of para-hydroxylation sites is 1. The standard InChI is InChI=1S/C13H16N4O2/c1-9-12(15-2)17(10-6-4-3-5-7-10)16-13(9)19-8-11(14)18/h3-7,15H,8H2,1-2H3,(H2,14,18). The maximum Gasteiger partial charge on any atom is 0.255 e. The molecule has 1 aromatic heterocycles. The molecule has 0 aliphatic carbocycles. The number of hydrogen-bond donors (Lipinski definition) is 2. The van der Waals surface area contributed by atoms with Crippen LogP contribution in [-0.2, 0) is 4.79 Å². The summed E-state index contributed by atoms with van der Waals surface area (Å²) in [6, 6.07) is 9.66. The molecule has 0 radical (unpaired) electrons. The smallest absolute Gasteiger partial charge is 0.255 e. The quantitative estimate of drug-likeness (QED) is 0.843. The average Bonchev–Trinajstić information content (AvgIpc) is 2.74. The Morgan fingerprint density at radius 3 is 2.68 bits per heavy atom. The van der Waals surface area contributed by atoms with Crippen LogP contribution in [0.4, 0.5) is 5.82 Å². The Morgan fingerprint density at radius 2 is 2.11 bits per heavy atom. The maximum absolute atomic E-state index is 10.8. The molecule has 0 aliphatic heterocycles. The highest BCUT2D eigenvalue weighted by molar-refractivity contribution is 5.75. The second-order valence-corrected chi connectivity index (χ2v) is 4.03. The zero-order valence-electron chi connectivity index (χ0n) is 10.9. The number of benzene rings is 1. The van der Waals surface area contributed by atoms with Crippen molar-refractivity contribution in [1.29, 1.82) is 0 Å². The number of nitrogens with zero attached hydrogens (tertiary/aromatic N) is 2. The van der Waals surface area contributed by atoms with Crippen LogP contribution < -0.4 is 15.8 Å². The van der Waals surface area contributed by atoms with Crippen molar-refractivity contribution >= 4 is 11.7 Å². The van der Waals surface area contributed by atoms with Gasteiger partial charge in [0.25, 0.3) is 5.91 Å². The van der Waals surface area contributed by atoms with E-state index in [-0.39, 0.29) is 6.61 Å². The molecule has 6 nitrogen and oxygen atoms in total. The fraction of sp³-hybridized carbons (Fsp3) is 0.231. The lowest BCUT2D eigenvalue weighted by molar-refractivity contribution is -0.120. The number of anilines is 1. The van der Waals surface area contributed by atoms with Gasteiger partial charge in [0.15, 0.2) is 6.61 Å². The van der Waals surface area contributed by atoms with Crippen molar-refractivity contribution in [2.24, 2.45) is 5.73 Å². The molecule has 6 heteroatoms. The molecule has 2 aromatic rings. The first kappa shape index (κ1) is 12.9. The van der Waals surface area contributed by atoms with Gasteiger partial charge in [-0.05, 0) is 19.1 Å². The third kappa shape index (κ3) is 2.67. The van der Waals surface area contributed by atoms with Crippen molar-refractivity contribution in [3.8, 4) is 11.6 Å². The van der Waals surface area contributed by atoms with Crippen LogP contribution in [0.3, 0.4) is 0 Å². The Bertz CT molecular complexity index is 578. The Morgan fingerprint density at radius 1 is 1.42 bits per heavy atom. The average molecular weight is 260 g/mol. The van der Waals surface area contributed by atoms with Crippen LogP contribution in [0.15, 0.2) is 30.3 Å². The van der Waals surface area contributed by atoms with Gasteiger partial charge in [-0.2, -0.15) is 0 Å². The summed E-state index contributed by atoms with van der Waals surface area (Å²) in [5.74, 6) is 0.678. The van der Waals surface area contributed by atoms with Crippen LogP contribution in [-0.4, -0.2) is 29.3 Å². The van der Waals surface area contributed by atoms with E-state index in [4.69, 9.17) is 10.5 Å². The van der Waals surface area contributed by atoms with Gasteiger partial charge < -0.3 is 15.8 Å². The SMILES string of the molecule is CNc1c(C)c(OCC(N)=O)nn1-c1ccccc1. The molecule has 1 aromatic carbocycles. The lowest BCUT2D eigenvalue weighted by atomic mass is 10.3. The Kier molecular flexibility index (Phi) is 3.70. The van der Waals surface area contributed by atoms with Gasteiger partial charge in [-0.15, -0.1) is 5.10 Å². The normalized spacial score (nSPS) is 10.2. The largest absolute Gasteiger partial charge is 0.466 e. The number of amides is 1. The molecule has 0 spiro atoms. The van der Waals surface area contributed by atoms with Crippen LogP contribution in [0.1, 0.15) is 5.56 Å². The molecule has 0 fully saturated rings. The summed E-state index contributed by atoms with van der Waals surface area (Å²) in [6.07, 6.45) is 0. The van der Waals surface area contributed by atoms with Gasteiger partial charge in [-0.3, -0.25) is 4.79 Å². The summed E-state index contributed by atoms with van der Waals surface area (Å²) < 4.78 is 7.02. The third-order valence-corrected chi connectivity index (χ3v) is 2.67. The Balaban J connectivity index is 2.39. The summed E-state index contributed by atoms with van der Waals surface area (Å²) in [5.41, 5.74) is 6.80. The first-order valence-electron chi connectivity index (χ1n) is 5.87. The van der Waals surface area contributed by atoms with Crippen molar-refractivity contribution in [1.82, 2.24) is 9.78 Å². The van der Waals surface area contributed by atoms with E-state index in [9.17, 15) is 4.79 Å². The number of nitrogens with two attached hydrogens (primary N) is 1. The van der Waals surface area contributed by atoms with E-state index in [0.717, 1.165) is 17.1 Å². The molecule has 0 unspecified atom stereocenters. The molecule has 100 valence electrons. The maximum atomic E-state index is 10.8. The fourth-order valence-corrected chi connectivity index (χ4v) is 1.80. The number of carbonyl (C=O) groups excluding carboxylic acids is 1. The topological polar surface area (TPSA) is 82.2 Å². The van der Waals surface area contributed by atoms with Gasteiger partial charge >= 0.3 is 0 Å². The zero-order valence-corrected chi connectivity index (χ0v) is 10.9. The number of ether oxygens (including phenoxy) is 1. The minimum Gasteiger partial charge on any atom is -0.466 e. The highest BCUT2D eigenvalue weighted by Crippen LogP contribution is 2.27. The molecule has 0 saturated carbocycles. The second-order valence-electron chi connectivity index (χ2n) is 4.03. The Hall–Kier alpha value is -2.50. The lowest BCUT2D eigenvalue weighted by Gasteiger charge is -2.06. The number of aromatic nitrogens is 2. The van der Waals surface area contributed by atoms with Crippen LogP contribution >= 0.6 is 0 Å². The van der Waals surface area contributed by atoms with Crippen molar-refractivity contribution in [3.05, 3.63) is 35.9 Å². The molecule has 1 heterocycles.